The number of allylic oxidation sites excluding steroid dienone is 3. The van der Waals surface area contributed by atoms with E-state index in [0.29, 0.717) is 6.10 Å². The highest BCUT2D eigenvalue weighted by Crippen LogP contribution is 2.19. The lowest BCUT2D eigenvalue weighted by Crippen LogP contribution is -2.35. The largest absolute Gasteiger partial charge is 0.495 e. The summed E-state index contributed by atoms with van der Waals surface area (Å²) in [4.78, 5) is 2.26. The zero-order chi connectivity index (χ0) is 11.3. The third-order valence-electron chi connectivity index (χ3n) is 2.84. The van der Waals surface area contributed by atoms with Crippen LogP contribution in [0.5, 0.6) is 0 Å². The molecule has 0 aromatic heterocycles. The van der Waals surface area contributed by atoms with Crippen LogP contribution in [0.15, 0.2) is 36.8 Å². The van der Waals surface area contributed by atoms with E-state index < -0.39 is 0 Å². The van der Waals surface area contributed by atoms with E-state index in [1.54, 1.807) is 0 Å². The van der Waals surface area contributed by atoms with Crippen LogP contribution in [0.2, 0.25) is 0 Å². The molecule has 0 radical (unpaired) electrons. The van der Waals surface area contributed by atoms with E-state index in [9.17, 15) is 0 Å². The van der Waals surface area contributed by atoms with E-state index in [1.807, 2.05) is 26.0 Å². The maximum absolute atomic E-state index is 5.78. The quantitative estimate of drug-likeness (QED) is 0.519. The second-order valence-electron chi connectivity index (χ2n) is 3.90. The predicted octanol–water partition coefficient (Wildman–Crippen LogP) is 3.09. The van der Waals surface area contributed by atoms with Crippen molar-refractivity contribution in [3.05, 3.63) is 36.8 Å². The van der Waals surface area contributed by atoms with Crippen molar-refractivity contribution in [2.45, 2.75) is 32.8 Å². The molecule has 0 aromatic rings. The number of piperidine rings is 1. The number of ether oxygens (including phenoxy) is 1. The van der Waals surface area contributed by atoms with Gasteiger partial charge in [-0.15, -0.1) is 0 Å². The van der Waals surface area contributed by atoms with E-state index in [1.165, 1.54) is 0 Å². The zero-order valence-electron chi connectivity index (χ0n) is 9.83. The molecule has 1 saturated heterocycles. The lowest BCUT2D eigenvalue weighted by Gasteiger charge is -2.34. The molecule has 15 heavy (non-hydrogen) atoms. The maximum Gasteiger partial charge on any atom is 0.102 e. The zero-order valence-corrected chi connectivity index (χ0v) is 9.83. The monoisotopic (exact) mass is 207 g/mol. The van der Waals surface area contributed by atoms with E-state index in [4.69, 9.17) is 4.74 Å². The first-order chi connectivity index (χ1) is 7.17. The fourth-order valence-electron chi connectivity index (χ4n) is 1.72. The van der Waals surface area contributed by atoms with Crippen LogP contribution in [-0.4, -0.2) is 24.1 Å². The van der Waals surface area contributed by atoms with Gasteiger partial charge >= 0.3 is 0 Å². The van der Waals surface area contributed by atoms with Gasteiger partial charge in [-0.3, -0.25) is 0 Å². The molecule has 0 amide bonds. The van der Waals surface area contributed by atoms with Crippen LogP contribution in [0.4, 0.5) is 0 Å². The Morgan fingerprint density at radius 3 is 2.47 bits per heavy atom. The van der Waals surface area contributed by atoms with Crippen LogP contribution in [0.25, 0.3) is 0 Å². The van der Waals surface area contributed by atoms with E-state index in [0.717, 1.165) is 37.4 Å². The lowest BCUT2D eigenvalue weighted by molar-refractivity contribution is 0.0621. The van der Waals surface area contributed by atoms with Crippen molar-refractivity contribution in [1.82, 2.24) is 4.90 Å². The number of likely N-dealkylation sites (tertiary alicyclic amines) is 1. The molecule has 1 aliphatic rings. The smallest absolute Gasteiger partial charge is 0.102 e. The van der Waals surface area contributed by atoms with Gasteiger partial charge < -0.3 is 9.64 Å². The summed E-state index contributed by atoms with van der Waals surface area (Å²) in [5.74, 6) is 1.02. The summed E-state index contributed by atoms with van der Waals surface area (Å²) in [6, 6.07) is 0. The average molecular weight is 207 g/mol. The minimum atomic E-state index is 0.370. The number of rotatable bonds is 4. The molecule has 0 saturated carbocycles. The molecular formula is C13H21NO. The summed E-state index contributed by atoms with van der Waals surface area (Å²) in [7, 11) is 0. The lowest BCUT2D eigenvalue weighted by atomic mass is 10.1. The summed E-state index contributed by atoms with van der Waals surface area (Å²) >= 11 is 0. The average Bonchev–Trinajstić information content (AvgIpc) is 2.29. The van der Waals surface area contributed by atoms with Gasteiger partial charge in [0.25, 0.3) is 0 Å². The Labute approximate surface area is 92.9 Å². The first-order valence-corrected chi connectivity index (χ1v) is 5.53. The molecule has 0 unspecified atom stereocenters. The fourth-order valence-corrected chi connectivity index (χ4v) is 1.72. The molecule has 1 fully saturated rings. The highest BCUT2D eigenvalue weighted by molar-refractivity contribution is 5.10. The summed E-state index contributed by atoms with van der Waals surface area (Å²) in [6.45, 7) is 13.7. The van der Waals surface area contributed by atoms with Crippen molar-refractivity contribution in [3.63, 3.8) is 0 Å². The Morgan fingerprint density at radius 2 is 2.00 bits per heavy atom. The highest BCUT2D eigenvalue weighted by Gasteiger charge is 2.19. The van der Waals surface area contributed by atoms with E-state index >= 15 is 0 Å². The molecule has 0 aliphatic carbocycles. The third-order valence-corrected chi connectivity index (χ3v) is 2.84. The Hall–Kier alpha value is -1.18. The molecule has 1 heterocycles. The minimum Gasteiger partial charge on any atom is -0.495 e. The summed E-state index contributed by atoms with van der Waals surface area (Å²) in [6.07, 6.45) is 6.33. The Morgan fingerprint density at radius 1 is 1.40 bits per heavy atom. The molecule has 0 bridgehead atoms. The molecule has 1 rings (SSSR count). The van der Waals surface area contributed by atoms with Gasteiger partial charge in [0, 0.05) is 31.6 Å². The van der Waals surface area contributed by atoms with Gasteiger partial charge in [0.2, 0.25) is 0 Å². The highest BCUT2D eigenvalue weighted by atomic mass is 16.5. The van der Waals surface area contributed by atoms with Crippen molar-refractivity contribution in [3.8, 4) is 0 Å². The van der Waals surface area contributed by atoms with Crippen LogP contribution >= 0.6 is 0 Å². The van der Waals surface area contributed by atoms with Crippen LogP contribution in [0, 0.1) is 0 Å². The molecule has 2 nitrogen and oxygen atoms in total. The van der Waals surface area contributed by atoms with Crippen molar-refractivity contribution in [2.24, 2.45) is 0 Å². The number of nitrogens with zero attached hydrogens (tertiary/aromatic N) is 1. The molecule has 84 valence electrons. The first kappa shape index (κ1) is 11.9. The van der Waals surface area contributed by atoms with Gasteiger partial charge in [0.05, 0.1) is 5.76 Å². The topological polar surface area (TPSA) is 12.5 Å². The second-order valence-corrected chi connectivity index (χ2v) is 3.90. The summed E-state index contributed by atoms with van der Waals surface area (Å²) in [5, 5.41) is 0. The van der Waals surface area contributed by atoms with Crippen molar-refractivity contribution < 1.29 is 4.74 Å². The van der Waals surface area contributed by atoms with Crippen molar-refractivity contribution in [2.75, 3.05) is 13.1 Å². The Balaban J connectivity index is 2.36. The maximum atomic E-state index is 5.78. The third kappa shape index (κ3) is 3.46. The predicted molar refractivity (Wildman–Crippen MR) is 64.4 cm³/mol. The van der Waals surface area contributed by atoms with Gasteiger partial charge in [-0.1, -0.05) is 13.2 Å². The second kappa shape index (κ2) is 5.64. The molecule has 0 N–H and O–H groups in total. The van der Waals surface area contributed by atoms with Crippen LogP contribution < -0.4 is 0 Å². The Bertz CT molecular complexity index is 260. The SMILES string of the molecule is C=CC(=C)N1CCC(O/C(C)=C/C)CC1. The van der Waals surface area contributed by atoms with Crippen LogP contribution in [0.3, 0.4) is 0 Å². The van der Waals surface area contributed by atoms with Gasteiger partial charge in [-0.2, -0.15) is 0 Å². The first-order valence-electron chi connectivity index (χ1n) is 5.53. The molecule has 0 aromatic carbocycles. The normalized spacial score (nSPS) is 18.8. The fraction of sp³-hybridized carbons (Fsp3) is 0.538. The molecule has 0 atom stereocenters. The van der Waals surface area contributed by atoms with Crippen LogP contribution in [-0.2, 0) is 4.74 Å². The number of hydrogen-bond acceptors (Lipinski definition) is 2. The molecule has 0 spiro atoms. The van der Waals surface area contributed by atoms with Crippen molar-refractivity contribution in [1.29, 1.82) is 0 Å². The molecular weight excluding hydrogens is 186 g/mol. The standard InChI is InChI=1S/C13H21NO/c1-5-11(3)14-9-7-13(8-10-14)15-12(4)6-2/h5-6,13H,1,3,7-10H2,2,4H3/b12-6+. The van der Waals surface area contributed by atoms with Gasteiger partial charge in [0.1, 0.15) is 6.10 Å². The minimum absolute atomic E-state index is 0.370. The molecule has 2 heteroatoms. The number of hydrogen-bond donors (Lipinski definition) is 0. The molecule has 1 aliphatic heterocycles. The van der Waals surface area contributed by atoms with E-state index in [2.05, 4.69) is 18.1 Å². The van der Waals surface area contributed by atoms with Gasteiger partial charge in [-0.25, -0.2) is 0 Å². The van der Waals surface area contributed by atoms with Crippen molar-refractivity contribution >= 4 is 0 Å². The van der Waals surface area contributed by atoms with Gasteiger partial charge in [-0.05, 0) is 26.0 Å². The Kier molecular flexibility index (Phi) is 4.47. The van der Waals surface area contributed by atoms with E-state index in [-0.39, 0.29) is 0 Å². The summed E-state index contributed by atoms with van der Waals surface area (Å²) in [5.41, 5.74) is 1.02. The van der Waals surface area contributed by atoms with Gasteiger partial charge in [0.15, 0.2) is 0 Å². The summed E-state index contributed by atoms with van der Waals surface area (Å²) < 4.78 is 5.78. The van der Waals surface area contributed by atoms with Crippen LogP contribution in [0.1, 0.15) is 26.7 Å².